The monoisotopic (exact) mass is 349 g/mol. The highest BCUT2D eigenvalue weighted by molar-refractivity contribution is 5.91. The van der Waals surface area contributed by atoms with Crippen LogP contribution in [-0.2, 0) is 20.8 Å². The molecule has 4 N–H and O–H groups in total. The summed E-state index contributed by atoms with van der Waals surface area (Å²) >= 11 is 0. The maximum atomic E-state index is 13.3. The second kappa shape index (κ2) is 9.56. The van der Waals surface area contributed by atoms with E-state index in [1.165, 1.54) is 25.1 Å². The van der Waals surface area contributed by atoms with E-state index in [-0.39, 0.29) is 12.8 Å². The van der Waals surface area contributed by atoms with Crippen molar-refractivity contribution in [2.75, 3.05) is 0 Å². The van der Waals surface area contributed by atoms with Gasteiger partial charge in [0.25, 0.3) is 0 Å². The summed E-state index contributed by atoms with van der Waals surface area (Å²) in [6, 6.07) is 3.93. The Kier molecular flexibility index (Phi) is 7.78. The summed E-state index contributed by atoms with van der Waals surface area (Å²) in [5.41, 5.74) is 6.86. The quantitative estimate of drug-likeness (QED) is 0.615. The number of hydrogen-bond donors (Lipinski definition) is 3. The number of hydrogen-bond acceptors (Lipinski definition) is 3. The van der Waals surface area contributed by atoms with Crippen LogP contribution in [0.25, 0.3) is 0 Å². The lowest BCUT2D eigenvalue weighted by atomic mass is 10.0. The van der Waals surface area contributed by atoms with Gasteiger partial charge in [0.2, 0.25) is 17.7 Å². The normalized spacial score (nSPS) is 12.6. The Morgan fingerprint density at radius 2 is 1.84 bits per heavy atom. The van der Waals surface area contributed by atoms with Crippen LogP contribution < -0.4 is 16.4 Å². The average molecular weight is 349 g/mol. The first-order valence-corrected chi connectivity index (χ1v) is 7.93. The molecule has 1 rings (SSSR count). The molecule has 136 valence electrons. The third-order valence-electron chi connectivity index (χ3n) is 3.44. The second-order valence-electron chi connectivity index (χ2n) is 6.07. The highest BCUT2D eigenvalue weighted by atomic mass is 19.1. The molecule has 0 saturated heterocycles. The molecule has 0 heterocycles. The van der Waals surface area contributed by atoms with Crippen molar-refractivity contribution in [1.82, 2.24) is 10.6 Å². The molecule has 0 unspecified atom stereocenters. The van der Waals surface area contributed by atoms with Crippen molar-refractivity contribution in [1.29, 1.82) is 0 Å². The van der Waals surface area contributed by atoms with Crippen LogP contribution in [-0.4, -0.2) is 29.8 Å². The standard InChI is InChI=1S/C18H24FN3O3/c1-11(2)7-8-15(17(20)24)22-18(25)16(21-12(3)23)10-13-5-4-6-14(19)9-13/h4-7,9,15-16H,8,10H2,1-3H3,(H2,20,24)(H,21,23)(H,22,25)/t15-,16-/m0/s1. The minimum absolute atomic E-state index is 0.0945. The lowest BCUT2D eigenvalue weighted by Gasteiger charge is -2.21. The Morgan fingerprint density at radius 3 is 2.36 bits per heavy atom. The van der Waals surface area contributed by atoms with Crippen LogP contribution in [0.5, 0.6) is 0 Å². The van der Waals surface area contributed by atoms with Gasteiger partial charge in [-0.05, 0) is 38.0 Å². The molecule has 1 aromatic rings. The van der Waals surface area contributed by atoms with E-state index in [9.17, 15) is 18.8 Å². The Labute approximate surface area is 146 Å². The molecule has 0 aliphatic heterocycles. The zero-order valence-electron chi connectivity index (χ0n) is 14.6. The van der Waals surface area contributed by atoms with Crippen molar-refractivity contribution in [3.05, 3.63) is 47.3 Å². The van der Waals surface area contributed by atoms with E-state index in [2.05, 4.69) is 10.6 Å². The number of carbonyl (C=O) groups excluding carboxylic acids is 3. The smallest absolute Gasteiger partial charge is 0.243 e. The van der Waals surface area contributed by atoms with Gasteiger partial charge in [-0.25, -0.2) is 4.39 Å². The minimum Gasteiger partial charge on any atom is -0.368 e. The number of benzene rings is 1. The summed E-state index contributed by atoms with van der Waals surface area (Å²) in [6.45, 7) is 5.01. The fourth-order valence-electron chi connectivity index (χ4n) is 2.23. The number of carbonyl (C=O) groups is 3. The number of allylic oxidation sites excluding steroid dienone is 1. The summed E-state index contributed by atoms with van der Waals surface area (Å²) < 4.78 is 13.3. The zero-order chi connectivity index (χ0) is 19.0. The van der Waals surface area contributed by atoms with Crippen molar-refractivity contribution in [3.8, 4) is 0 Å². The Bertz CT molecular complexity index is 669. The van der Waals surface area contributed by atoms with Crippen molar-refractivity contribution in [2.45, 2.75) is 45.7 Å². The zero-order valence-corrected chi connectivity index (χ0v) is 14.6. The van der Waals surface area contributed by atoms with Crippen molar-refractivity contribution in [3.63, 3.8) is 0 Å². The van der Waals surface area contributed by atoms with Crippen LogP contribution in [0.3, 0.4) is 0 Å². The fourth-order valence-corrected chi connectivity index (χ4v) is 2.23. The summed E-state index contributed by atoms with van der Waals surface area (Å²) in [4.78, 5) is 35.4. The molecule has 3 amide bonds. The van der Waals surface area contributed by atoms with Gasteiger partial charge in [0, 0.05) is 13.3 Å². The van der Waals surface area contributed by atoms with Crippen LogP contribution in [0.15, 0.2) is 35.9 Å². The largest absolute Gasteiger partial charge is 0.368 e. The molecule has 0 fully saturated rings. The second-order valence-corrected chi connectivity index (χ2v) is 6.07. The van der Waals surface area contributed by atoms with Gasteiger partial charge in [0.15, 0.2) is 0 Å². The molecule has 0 spiro atoms. The van der Waals surface area contributed by atoms with Gasteiger partial charge in [-0.15, -0.1) is 0 Å². The first-order chi connectivity index (χ1) is 11.7. The van der Waals surface area contributed by atoms with Gasteiger partial charge in [-0.2, -0.15) is 0 Å². The molecular formula is C18H24FN3O3. The minimum atomic E-state index is -0.937. The Balaban J connectivity index is 2.89. The highest BCUT2D eigenvalue weighted by Gasteiger charge is 2.24. The first kappa shape index (κ1) is 20.3. The molecule has 6 nitrogen and oxygen atoms in total. The molecule has 2 atom stereocenters. The topological polar surface area (TPSA) is 101 Å². The number of halogens is 1. The molecule has 1 aromatic carbocycles. The van der Waals surface area contributed by atoms with Gasteiger partial charge in [0.1, 0.15) is 17.9 Å². The number of nitrogens with one attached hydrogen (secondary N) is 2. The predicted octanol–water partition coefficient (Wildman–Crippen LogP) is 1.20. The van der Waals surface area contributed by atoms with E-state index in [1.54, 1.807) is 12.1 Å². The van der Waals surface area contributed by atoms with Crippen molar-refractivity contribution < 1.29 is 18.8 Å². The Morgan fingerprint density at radius 1 is 1.16 bits per heavy atom. The number of nitrogens with two attached hydrogens (primary N) is 1. The molecule has 0 radical (unpaired) electrons. The van der Waals surface area contributed by atoms with E-state index < -0.39 is 35.6 Å². The van der Waals surface area contributed by atoms with Gasteiger partial charge in [0.05, 0.1) is 0 Å². The fraction of sp³-hybridized carbons (Fsp3) is 0.389. The molecule has 7 heteroatoms. The number of rotatable bonds is 8. The molecule has 0 aliphatic carbocycles. The first-order valence-electron chi connectivity index (χ1n) is 7.93. The number of primary amides is 1. The Hall–Kier alpha value is -2.70. The van der Waals surface area contributed by atoms with Crippen LogP contribution in [0.2, 0.25) is 0 Å². The molecule has 0 aliphatic rings. The van der Waals surface area contributed by atoms with Gasteiger partial charge < -0.3 is 16.4 Å². The van der Waals surface area contributed by atoms with E-state index >= 15 is 0 Å². The van der Waals surface area contributed by atoms with E-state index in [0.717, 1.165) is 5.57 Å². The maximum Gasteiger partial charge on any atom is 0.243 e. The van der Waals surface area contributed by atoms with Crippen LogP contribution in [0.4, 0.5) is 4.39 Å². The predicted molar refractivity (Wildman–Crippen MR) is 92.9 cm³/mol. The SMILES string of the molecule is CC(=O)N[C@@H](Cc1cccc(F)c1)C(=O)N[C@@H](CC=C(C)C)C(N)=O. The third-order valence-corrected chi connectivity index (χ3v) is 3.44. The third kappa shape index (κ3) is 7.60. The van der Waals surface area contributed by atoms with E-state index in [1.807, 2.05) is 13.8 Å². The van der Waals surface area contributed by atoms with Crippen LogP contribution in [0, 0.1) is 5.82 Å². The maximum absolute atomic E-state index is 13.3. The highest BCUT2D eigenvalue weighted by Crippen LogP contribution is 2.08. The molecular weight excluding hydrogens is 325 g/mol. The summed E-state index contributed by atoms with van der Waals surface area (Å²) in [5, 5.41) is 5.06. The average Bonchev–Trinajstić information content (AvgIpc) is 2.49. The molecule has 0 aromatic heterocycles. The summed E-state index contributed by atoms with van der Waals surface area (Å²) in [7, 11) is 0. The van der Waals surface area contributed by atoms with Gasteiger partial charge in [-0.1, -0.05) is 23.8 Å². The van der Waals surface area contributed by atoms with Gasteiger partial charge >= 0.3 is 0 Å². The van der Waals surface area contributed by atoms with E-state index in [0.29, 0.717) is 5.56 Å². The summed E-state index contributed by atoms with van der Waals surface area (Å²) in [5.74, 6) is -2.06. The van der Waals surface area contributed by atoms with Crippen LogP contribution >= 0.6 is 0 Å². The van der Waals surface area contributed by atoms with Gasteiger partial charge in [-0.3, -0.25) is 14.4 Å². The lowest BCUT2D eigenvalue weighted by Crippen LogP contribution is -2.53. The van der Waals surface area contributed by atoms with E-state index in [4.69, 9.17) is 5.73 Å². The summed E-state index contributed by atoms with van der Waals surface area (Å²) in [6.07, 6.45) is 2.14. The molecule has 0 bridgehead atoms. The lowest BCUT2D eigenvalue weighted by molar-refractivity contribution is -0.130. The van der Waals surface area contributed by atoms with Crippen molar-refractivity contribution >= 4 is 17.7 Å². The molecule has 0 saturated carbocycles. The van der Waals surface area contributed by atoms with Crippen molar-refractivity contribution in [2.24, 2.45) is 5.73 Å². The molecule has 25 heavy (non-hydrogen) atoms. The van der Waals surface area contributed by atoms with Crippen LogP contribution in [0.1, 0.15) is 32.8 Å². The number of amides is 3.